The van der Waals surface area contributed by atoms with Crippen LogP contribution in [0.2, 0.25) is 0 Å². The van der Waals surface area contributed by atoms with E-state index in [-0.39, 0.29) is 18.0 Å². The average molecular weight is 320 g/mol. The van der Waals surface area contributed by atoms with Gasteiger partial charge < -0.3 is 14.8 Å². The first kappa shape index (κ1) is 17.0. The van der Waals surface area contributed by atoms with Crippen molar-refractivity contribution in [2.24, 2.45) is 5.92 Å². The van der Waals surface area contributed by atoms with E-state index in [2.05, 4.69) is 16.1 Å². The van der Waals surface area contributed by atoms with Gasteiger partial charge >= 0.3 is 11.7 Å². The van der Waals surface area contributed by atoms with Gasteiger partial charge in [-0.1, -0.05) is 18.2 Å². The summed E-state index contributed by atoms with van der Waals surface area (Å²) >= 11 is 0. The van der Waals surface area contributed by atoms with E-state index in [1.165, 1.54) is 19.2 Å². The molecule has 1 saturated heterocycles. The van der Waals surface area contributed by atoms with Gasteiger partial charge in [-0.25, -0.2) is 4.79 Å². The van der Waals surface area contributed by atoms with Gasteiger partial charge in [0, 0.05) is 6.07 Å². The van der Waals surface area contributed by atoms with Crippen LogP contribution in [0.3, 0.4) is 0 Å². The Balaban J connectivity index is 2.09. The predicted octanol–water partition coefficient (Wildman–Crippen LogP) is 2.16. The first-order chi connectivity index (χ1) is 11.1. The minimum atomic E-state index is -0.589. The lowest BCUT2D eigenvalue weighted by Crippen LogP contribution is -2.26. The Kier molecular flexibility index (Phi) is 6.10. The summed E-state index contributed by atoms with van der Waals surface area (Å²) in [6.07, 6.45) is 6.12. The molecule has 0 atom stereocenters. The molecule has 1 fully saturated rings. The molecular formula is C16H20N2O5. The highest BCUT2D eigenvalue weighted by molar-refractivity contribution is 5.71. The van der Waals surface area contributed by atoms with Gasteiger partial charge in [0.15, 0.2) is 12.4 Å². The average Bonchev–Trinajstić information content (AvgIpc) is 2.58. The monoisotopic (exact) mass is 320 g/mol. The van der Waals surface area contributed by atoms with E-state index in [1.807, 2.05) is 6.08 Å². The first-order valence-corrected chi connectivity index (χ1v) is 7.47. The Morgan fingerprint density at radius 3 is 2.83 bits per heavy atom. The molecule has 0 spiro atoms. The fraction of sp³-hybridized carbons (Fsp3) is 0.438. The summed E-state index contributed by atoms with van der Waals surface area (Å²) in [6.45, 7) is 1.63. The molecule has 0 saturated carbocycles. The first-order valence-electron chi connectivity index (χ1n) is 7.47. The number of allylic oxidation sites excluding steroid dienone is 1. The maximum absolute atomic E-state index is 11.2. The lowest BCUT2D eigenvalue weighted by Gasteiger charge is -2.19. The molecule has 0 bridgehead atoms. The number of piperidine rings is 1. The SMILES string of the molecule is COC(=O)COc1ccc(/C=C\C2CCNCC2)cc1[N+](=O)[O-]. The molecule has 0 aliphatic carbocycles. The number of nitrogens with one attached hydrogen (secondary N) is 1. The van der Waals surface area contributed by atoms with E-state index < -0.39 is 10.9 Å². The van der Waals surface area contributed by atoms with Crippen LogP contribution < -0.4 is 10.1 Å². The van der Waals surface area contributed by atoms with Crippen molar-refractivity contribution in [1.29, 1.82) is 0 Å². The van der Waals surface area contributed by atoms with Crippen molar-refractivity contribution in [1.82, 2.24) is 5.32 Å². The van der Waals surface area contributed by atoms with Crippen molar-refractivity contribution < 1.29 is 19.2 Å². The number of benzene rings is 1. The fourth-order valence-electron chi connectivity index (χ4n) is 2.38. The van der Waals surface area contributed by atoms with Crippen molar-refractivity contribution in [3.05, 3.63) is 40.0 Å². The van der Waals surface area contributed by atoms with E-state index in [0.717, 1.165) is 31.5 Å². The maximum atomic E-state index is 11.2. The third kappa shape index (κ3) is 5.07. The zero-order valence-electron chi connectivity index (χ0n) is 13.0. The van der Waals surface area contributed by atoms with Crippen LogP contribution in [0, 0.1) is 16.0 Å². The second-order valence-corrected chi connectivity index (χ2v) is 5.30. The van der Waals surface area contributed by atoms with Gasteiger partial charge in [-0.2, -0.15) is 0 Å². The number of esters is 1. The standard InChI is InChI=1S/C16H20N2O5/c1-22-16(19)11-23-15-5-4-13(10-14(15)18(20)21)3-2-12-6-8-17-9-7-12/h2-5,10,12,17H,6-9,11H2,1H3/b3-2-. The zero-order valence-corrected chi connectivity index (χ0v) is 13.0. The van der Waals surface area contributed by atoms with Gasteiger partial charge in [0.2, 0.25) is 0 Å². The normalized spacial score (nSPS) is 15.5. The summed E-state index contributed by atoms with van der Waals surface area (Å²) in [5, 5.41) is 14.5. The summed E-state index contributed by atoms with van der Waals surface area (Å²) in [5.74, 6) is -0.0425. The third-order valence-electron chi connectivity index (χ3n) is 3.70. The van der Waals surface area contributed by atoms with Crippen LogP contribution in [0.25, 0.3) is 6.08 Å². The van der Waals surface area contributed by atoms with Crippen LogP contribution in [0.5, 0.6) is 5.75 Å². The summed E-state index contributed by atoms with van der Waals surface area (Å²) < 4.78 is 9.60. The molecular weight excluding hydrogens is 300 g/mol. The zero-order chi connectivity index (χ0) is 16.7. The number of nitro groups is 1. The van der Waals surface area contributed by atoms with Crippen LogP contribution >= 0.6 is 0 Å². The van der Waals surface area contributed by atoms with E-state index in [1.54, 1.807) is 6.07 Å². The summed E-state index contributed by atoms with van der Waals surface area (Å²) in [7, 11) is 1.23. The fourth-order valence-corrected chi connectivity index (χ4v) is 2.38. The Morgan fingerprint density at radius 1 is 1.43 bits per heavy atom. The van der Waals surface area contributed by atoms with Gasteiger partial charge in [0.1, 0.15) is 0 Å². The van der Waals surface area contributed by atoms with Crippen LogP contribution in [0.1, 0.15) is 18.4 Å². The molecule has 2 rings (SSSR count). The highest BCUT2D eigenvalue weighted by Crippen LogP contribution is 2.29. The number of carbonyl (C=O) groups excluding carboxylic acids is 1. The van der Waals surface area contributed by atoms with Gasteiger partial charge in [-0.15, -0.1) is 0 Å². The number of nitro benzene ring substituents is 1. The molecule has 0 radical (unpaired) electrons. The van der Waals surface area contributed by atoms with E-state index in [0.29, 0.717) is 5.92 Å². The van der Waals surface area contributed by atoms with Gasteiger partial charge in [-0.05, 0) is 43.5 Å². The molecule has 0 aromatic heterocycles. The summed E-state index contributed by atoms with van der Waals surface area (Å²) in [6, 6.07) is 4.69. The molecule has 124 valence electrons. The molecule has 1 aliphatic heterocycles. The molecule has 1 aromatic carbocycles. The second kappa shape index (κ2) is 8.28. The number of methoxy groups -OCH3 is 1. The van der Waals surface area contributed by atoms with Crippen molar-refractivity contribution in [3.8, 4) is 5.75 Å². The Bertz CT molecular complexity index is 594. The highest BCUT2D eigenvalue weighted by atomic mass is 16.6. The maximum Gasteiger partial charge on any atom is 0.343 e. The van der Waals surface area contributed by atoms with Crippen LogP contribution in [-0.2, 0) is 9.53 Å². The third-order valence-corrected chi connectivity index (χ3v) is 3.70. The van der Waals surface area contributed by atoms with E-state index >= 15 is 0 Å². The molecule has 0 unspecified atom stereocenters. The van der Waals surface area contributed by atoms with E-state index in [9.17, 15) is 14.9 Å². The largest absolute Gasteiger partial charge is 0.475 e. The molecule has 1 aromatic rings. The summed E-state index contributed by atoms with van der Waals surface area (Å²) in [5.41, 5.74) is 0.571. The molecule has 0 amide bonds. The van der Waals surface area contributed by atoms with Gasteiger partial charge in [-0.3, -0.25) is 10.1 Å². The number of hydrogen-bond acceptors (Lipinski definition) is 6. The minimum Gasteiger partial charge on any atom is -0.475 e. The smallest absolute Gasteiger partial charge is 0.343 e. The number of hydrogen-bond donors (Lipinski definition) is 1. The molecule has 7 heteroatoms. The van der Waals surface area contributed by atoms with Gasteiger partial charge in [0.05, 0.1) is 12.0 Å². The molecule has 1 aliphatic rings. The topological polar surface area (TPSA) is 90.7 Å². The van der Waals surface area contributed by atoms with Crippen LogP contribution in [-0.4, -0.2) is 37.7 Å². The lowest BCUT2D eigenvalue weighted by atomic mass is 9.97. The number of ether oxygens (including phenoxy) is 2. The number of rotatable bonds is 6. The van der Waals surface area contributed by atoms with Crippen LogP contribution in [0.15, 0.2) is 24.3 Å². The second-order valence-electron chi connectivity index (χ2n) is 5.30. The number of carbonyl (C=O) groups is 1. The lowest BCUT2D eigenvalue weighted by molar-refractivity contribution is -0.385. The van der Waals surface area contributed by atoms with Gasteiger partial charge in [0.25, 0.3) is 0 Å². The minimum absolute atomic E-state index is 0.0550. The Labute approximate surface area is 134 Å². The predicted molar refractivity (Wildman–Crippen MR) is 85.2 cm³/mol. The number of nitrogens with zero attached hydrogens (tertiary/aromatic N) is 1. The van der Waals surface area contributed by atoms with Crippen molar-refractivity contribution in [2.45, 2.75) is 12.8 Å². The molecule has 1 N–H and O–H groups in total. The molecule has 1 heterocycles. The molecule has 7 nitrogen and oxygen atoms in total. The van der Waals surface area contributed by atoms with Crippen LogP contribution in [0.4, 0.5) is 5.69 Å². The van der Waals surface area contributed by atoms with Crippen molar-refractivity contribution in [3.63, 3.8) is 0 Å². The van der Waals surface area contributed by atoms with Crippen molar-refractivity contribution in [2.75, 3.05) is 26.8 Å². The molecule has 23 heavy (non-hydrogen) atoms. The Hall–Kier alpha value is -2.41. The van der Waals surface area contributed by atoms with Crippen molar-refractivity contribution >= 4 is 17.7 Å². The highest BCUT2D eigenvalue weighted by Gasteiger charge is 2.17. The Morgan fingerprint density at radius 2 is 2.17 bits per heavy atom. The van der Waals surface area contributed by atoms with E-state index in [4.69, 9.17) is 4.74 Å². The quantitative estimate of drug-likeness (QED) is 0.491. The summed E-state index contributed by atoms with van der Waals surface area (Å²) in [4.78, 5) is 21.7.